The molecule has 4 nitrogen and oxygen atoms in total. The van der Waals surface area contributed by atoms with Gasteiger partial charge in [0.15, 0.2) is 0 Å². The summed E-state index contributed by atoms with van der Waals surface area (Å²) < 4.78 is 0. The SMILES string of the molecule is CCC(CC)N(CCN)c1nc(C)cc(C(C)C)n1. The van der Waals surface area contributed by atoms with Crippen molar-refractivity contribution in [3.8, 4) is 0 Å². The van der Waals surface area contributed by atoms with Gasteiger partial charge in [0.05, 0.1) is 0 Å². The lowest BCUT2D eigenvalue weighted by atomic mass is 10.1. The molecule has 0 aromatic carbocycles. The van der Waals surface area contributed by atoms with Crippen LogP contribution in [0.4, 0.5) is 5.95 Å². The molecule has 0 atom stereocenters. The second-order valence-corrected chi connectivity index (χ2v) is 5.34. The van der Waals surface area contributed by atoms with Gasteiger partial charge >= 0.3 is 0 Å². The molecule has 0 spiro atoms. The van der Waals surface area contributed by atoms with Crippen LogP contribution in [0.1, 0.15) is 57.8 Å². The standard InChI is InChI=1S/C15H28N4/c1-6-13(7-2)19(9-8-16)15-17-12(5)10-14(18-15)11(3)4/h10-11,13H,6-9,16H2,1-5H3. The summed E-state index contributed by atoms with van der Waals surface area (Å²) in [6.45, 7) is 12.2. The second-order valence-electron chi connectivity index (χ2n) is 5.34. The summed E-state index contributed by atoms with van der Waals surface area (Å²) in [5.41, 5.74) is 7.89. The maximum atomic E-state index is 5.75. The molecule has 0 fully saturated rings. The van der Waals surface area contributed by atoms with Crippen molar-refractivity contribution in [3.63, 3.8) is 0 Å². The van der Waals surface area contributed by atoms with Crippen LogP contribution in [0.5, 0.6) is 0 Å². The average Bonchev–Trinajstić information content (AvgIpc) is 2.38. The molecule has 0 radical (unpaired) electrons. The normalized spacial score (nSPS) is 11.4. The minimum Gasteiger partial charge on any atom is -0.337 e. The molecule has 1 aromatic heterocycles. The molecule has 0 aliphatic carbocycles. The highest BCUT2D eigenvalue weighted by Gasteiger charge is 2.18. The first-order valence-corrected chi connectivity index (χ1v) is 7.35. The quantitative estimate of drug-likeness (QED) is 0.822. The predicted octanol–water partition coefficient (Wildman–Crippen LogP) is 2.86. The fourth-order valence-corrected chi connectivity index (χ4v) is 2.32. The number of anilines is 1. The highest BCUT2D eigenvalue weighted by atomic mass is 15.3. The Labute approximate surface area is 117 Å². The van der Waals surface area contributed by atoms with Crippen LogP contribution in [0.15, 0.2) is 6.07 Å². The van der Waals surface area contributed by atoms with Gasteiger partial charge in [-0.15, -0.1) is 0 Å². The average molecular weight is 264 g/mol. The molecule has 0 unspecified atom stereocenters. The Bertz CT molecular complexity index is 386. The Hall–Kier alpha value is -1.16. The summed E-state index contributed by atoms with van der Waals surface area (Å²) in [6, 6.07) is 2.53. The van der Waals surface area contributed by atoms with Crippen LogP contribution in [0.3, 0.4) is 0 Å². The van der Waals surface area contributed by atoms with Gasteiger partial charge in [-0.25, -0.2) is 9.97 Å². The van der Waals surface area contributed by atoms with Gasteiger partial charge in [0.25, 0.3) is 0 Å². The molecule has 19 heavy (non-hydrogen) atoms. The summed E-state index contributed by atoms with van der Waals surface area (Å²) in [5.74, 6) is 1.25. The van der Waals surface area contributed by atoms with E-state index < -0.39 is 0 Å². The molecule has 0 amide bonds. The maximum absolute atomic E-state index is 5.75. The molecule has 1 rings (SSSR count). The molecule has 0 aliphatic heterocycles. The van der Waals surface area contributed by atoms with E-state index in [9.17, 15) is 0 Å². The minimum absolute atomic E-state index is 0.418. The van der Waals surface area contributed by atoms with E-state index in [4.69, 9.17) is 10.7 Å². The lowest BCUT2D eigenvalue weighted by Gasteiger charge is -2.30. The van der Waals surface area contributed by atoms with Crippen LogP contribution in [-0.2, 0) is 0 Å². The summed E-state index contributed by atoms with van der Waals surface area (Å²) in [5, 5.41) is 0. The number of aromatic nitrogens is 2. The molecule has 0 saturated heterocycles. The van der Waals surface area contributed by atoms with E-state index in [1.165, 1.54) is 0 Å². The monoisotopic (exact) mass is 264 g/mol. The molecule has 2 N–H and O–H groups in total. The Morgan fingerprint density at radius 3 is 2.32 bits per heavy atom. The van der Waals surface area contributed by atoms with Crippen molar-refractivity contribution in [2.24, 2.45) is 5.73 Å². The fourth-order valence-electron chi connectivity index (χ4n) is 2.32. The zero-order chi connectivity index (χ0) is 14.4. The predicted molar refractivity (Wildman–Crippen MR) is 81.6 cm³/mol. The van der Waals surface area contributed by atoms with Crippen LogP contribution < -0.4 is 10.6 Å². The largest absolute Gasteiger partial charge is 0.337 e. The molecule has 0 aliphatic rings. The topological polar surface area (TPSA) is 55.0 Å². The van der Waals surface area contributed by atoms with E-state index in [2.05, 4.69) is 43.6 Å². The van der Waals surface area contributed by atoms with Gasteiger partial charge in [-0.3, -0.25) is 0 Å². The highest BCUT2D eigenvalue weighted by Crippen LogP contribution is 2.20. The number of nitrogens with two attached hydrogens (primary N) is 1. The van der Waals surface area contributed by atoms with E-state index in [-0.39, 0.29) is 0 Å². The lowest BCUT2D eigenvalue weighted by molar-refractivity contribution is 0.546. The van der Waals surface area contributed by atoms with Gasteiger partial charge in [0, 0.05) is 30.5 Å². The number of hydrogen-bond acceptors (Lipinski definition) is 4. The van der Waals surface area contributed by atoms with Crippen LogP contribution in [-0.4, -0.2) is 29.1 Å². The Balaban J connectivity index is 3.14. The molecule has 4 heteroatoms. The number of aryl methyl sites for hydroxylation is 1. The third-order valence-electron chi connectivity index (χ3n) is 3.46. The van der Waals surface area contributed by atoms with Gasteiger partial charge in [0.2, 0.25) is 5.95 Å². The van der Waals surface area contributed by atoms with Crippen molar-refractivity contribution >= 4 is 5.95 Å². The molecule has 1 aromatic rings. The first kappa shape index (κ1) is 15.9. The van der Waals surface area contributed by atoms with Gasteiger partial charge in [-0.1, -0.05) is 27.7 Å². The van der Waals surface area contributed by atoms with E-state index >= 15 is 0 Å². The van der Waals surface area contributed by atoms with Gasteiger partial charge in [-0.2, -0.15) is 0 Å². The minimum atomic E-state index is 0.418. The Morgan fingerprint density at radius 2 is 1.84 bits per heavy atom. The van der Waals surface area contributed by atoms with Gasteiger partial charge in [0.1, 0.15) is 0 Å². The third kappa shape index (κ3) is 4.16. The van der Waals surface area contributed by atoms with Crippen molar-refractivity contribution in [1.29, 1.82) is 0 Å². The molecule has 1 heterocycles. The third-order valence-corrected chi connectivity index (χ3v) is 3.46. The zero-order valence-corrected chi connectivity index (χ0v) is 13.0. The van der Waals surface area contributed by atoms with E-state index in [0.717, 1.165) is 36.7 Å². The van der Waals surface area contributed by atoms with E-state index in [0.29, 0.717) is 18.5 Å². The highest BCUT2D eigenvalue weighted by molar-refractivity contribution is 5.34. The van der Waals surface area contributed by atoms with Gasteiger partial charge < -0.3 is 10.6 Å². The summed E-state index contributed by atoms with van der Waals surface area (Å²) in [4.78, 5) is 11.6. The first-order valence-electron chi connectivity index (χ1n) is 7.35. The molecular weight excluding hydrogens is 236 g/mol. The molecule has 108 valence electrons. The summed E-state index contributed by atoms with van der Waals surface area (Å²) in [7, 11) is 0. The molecule has 0 bridgehead atoms. The lowest BCUT2D eigenvalue weighted by Crippen LogP contribution is -2.39. The van der Waals surface area contributed by atoms with Crippen molar-refractivity contribution in [2.45, 2.75) is 59.4 Å². The summed E-state index contributed by atoms with van der Waals surface area (Å²) >= 11 is 0. The number of hydrogen-bond donors (Lipinski definition) is 1. The fraction of sp³-hybridized carbons (Fsp3) is 0.733. The van der Waals surface area contributed by atoms with Crippen LogP contribution in [0.25, 0.3) is 0 Å². The Morgan fingerprint density at radius 1 is 1.21 bits per heavy atom. The van der Waals surface area contributed by atoms with Crippen molar-refractivity contribution in [2.75, 3.05) is 18.0 Å². The zero-order valence-electron chi connectivity index (χ0n) is 13.0. The molecular formula is C15H28N4. The Kier molecular flexibility index (Phi) is 6.22. The second kappa shape index (κ2) is 7.43. The number of rotatable bonds is 7. The van der Waals surface area contributed by atoms with Crippen molar-refractivity contribution in [1.82, 2.24) is 9.97 Å². The van der Waals surface area contributed by atoms with Crippen molar-refractivity contribution in [3.05, 3.63) is 17.5 Å². The summed E-state index contributed by atoms with van der Waals surface area (Å²) in [6.07, 6.45) is 2.18. The number of nitrogens with zero attached hydrogens (tertiary/aromatic N) is 3. The van der Waals surface area contributed by atoms with Crippen LogP contribution in [0.2, 0.25) is 0 Å². The van der Waals surface area contributed by atoms with Crippen LogP contribution >= 0.6 is 0 Å². The maximum Gasteiger partial charge on any atom is 0.226 e. The van der Waals surface area contributed by atoms with Crippen molar-refractivity contribution < 1.29 is 0 Å². The molecule has 0 saturated carbocycles. The first-order chi connectivity index (χ1) is 9.03. The van der Waals surface area contributed by atoms with Crippen LogP contribution in [0, 0.1) is 6.92 Å². The van der Waals surface area contributed by atoms with E-state index in [1.807, 2.05) is 6.92 Å². The smallest absolute Gasteiger partial charge is 0.226 e. The van der Waals surface area contributed by atoms with E-state index in [1.54, 1.807) is 0 Å². The van der Waals surface area contributed by atoms with Gasteiger partial charge in [-0.05, 0) is 31.7 Å².